The molecule has 4 unspecified atom stereocenters. The smallest absolute Gasteiger partial charge is 0.161 e. The number of benzene rings is 1. The Morgan fingerprint density at radius 3 is 1.43 bits per heavy atom. The van der Waals surface area contributed by atoms with Gasteiger partial charge in [0.1, 0.15) is 13.2 Å². The largest absolute Gasteiger partial charge is 0.487 e. The number of fused-ring (bicyclic) bond motifs is 9. The number of rotatable bonds is 2. The molecule has 1 saturated heterocycles. The van der Waals surface area contributed by atoms with Gasteiger partial charge in [-0.05, 0) is 47.5 Å². The van der Waals surface area contributed by atoms with Crippen molar-refractivity contribution in [3.8, 4) is 11.5 Å². The summed E-state index contributed by atoms with van der Waals surface area (Å²) in [6.07, 6.45) is 3.09. The van der Waals surface area contributed by atoms with E-state index in [0.29, 0.717) is 64.4 Å². The molecular formula is C30H30N4O6. The van der Waals surface area contributed by atoms with E-state index < -0.39 is 0 Å². The fraction of sp³-hybridized carbons (Fsp3) is 0.400. The maximum atomic E-state index is 6.72. The maximum Gasteiger partial charge on any atom is 0.161 e. The standard InChI is InChI=1S/C30H30N4O6/c1-3-7-31-21(5-1)27-25-26(28(34-33-27)22-6-2-4-8-32-22)30-20-18-24-23(17-19(20)29(25)40-30)38-15-13-36-11-9-35-10-12-37-14-16-39-24/h1-8,17-18,25-26,29-30H,9-16H2. The van der Waals surface area contributed by atoms with Crippen LogP contribution in [-0.2, 0) is 18.9 Å². The third-order valence-electron chi connectivity index (χ3n) is 7.56. The molecule has 7 rings (SSSR count). The van der Waals surface area contributed by atoms with Crippen LogP contribution in [0.2, 0.25) is 0 Å². The molecule has 4 atom stereocenters. The zero-order chi connectivity index (χ0) is 26.7. The van der Waals surface area contributed by atoms with Gasteiger partial charge in [-0.2, -0.15) is 10.2 Å². The molecule has 3 aromatic rings. The summed E-state index contributed by atoms with van der Waals surface area (Å²) in [7, 11) is 0. The quantitative estimate of drug-likeness (QED) is 0.484. The van der Waals surface area contributed by atoms with Crippen LogP contribution in [0, 0.1) is 11.8 Å². The first-order chi connectivity index (χ1) is 19.9. The van der Waals surface area contributed by atoms with Gasteiger partial charge >= 0.3 is 0 Å². The van der Waals surface area contributed by atoms with Gasteiger partial charge in [-0.25, -0.2) is 0 Å². The molecule has 206 valence electrons. The molecule has 2 bridgehead atoms. The Kier molecular flexibility index (Phi) is 7.22. The predicted octanol–water partition coefficient (Wildman–Crippen LogP) is 3.56. The zero-order valence-electron chi connectivity index (χ0n) is 22.0. The number of aromatic nitrogens is 2. The van der Waals surface area contributed by atoms with Gasteiger partial charge in [-0.1, -0.05) is 12.1 Å². The van der Waals surface area contributed by atoms with E-state index in [2.05, 4.69) is 22.1 Å². The summed E-state index contributed by atoms with van der Waals surface area (Å²) in [5.74, 6) is 1.18. The highest BCUT2D eigenvalue weighted by Gasteiger charge is 2.58. The molecule has 0 saturated carbocycles. The number of pyridine rings is 2. The van der Waals surface area contributed by atoms with Crippen molar-refractivity contribution in [2.75, 3.05) is 52.9 Å². The van der Waals surface area contributed by atoms with Crippen molar-refractivity contribution in [3.05, 3.63) is 83.4 Å². The van der Waals surface area contributed by atoms with Crippen LogP contribution in [0.4, 0.5) is 0 Å². The summed E-state index contributed by atoms with van der Waals surface area (Å²) >= 11 is 0. The summed E-state index contributed by atoms with van der Waals surface area (Å²) in [4.78, 5) is 9.20. The van der Waals surface area contributed by atoms with Crippen molar-refractivity contribution in [1.29, 1.82) is 0 Å². The fourth-order valence-electron chi connectivity index (χ4n) is 5.85. The molecule has 1 aromatic carbocycles. The van der Waals surface area contributed by atoms with Crippen LogP contribution in [0.5, 0.6) is 11.5 Å². The van der Waals surface area contributed by atoms with Crippen molar-refractivity contribution in [1.82, 2.24) is 9.97 Å². The van der Waals surface area contributed by atoms with E-state index in [4.69, 9.17) is 38.6 Å². The lowest BCUT2D eigenvalue weighted by Gasteiger charge is -2.33. The molecule has 40 heavy (non-hydrogen) atoms. The Hall–Kier alpha value is -3.70. The van der Waals surface area contributed by atoms with Gasteiger partial charge in [0.2, 0.25) is 0 Å². The normalized spacial score (nSPS) is 26.5. The molecule has 4 aliphatic heterocycles. The van der Waals surface area contributed by atoms with Gasteiger partial charge in [0.25, 0.3) is 0 Å². The van der Waals surface area contributed by atoms with Crippen molar-refractivity contribution in [2.45, 2.75) is 12.2 Å². The molecule has 0 aliphatic carbocycles. The monoisotopic (exact) mass is 542 g/mol. The Balaban J connectivity index is 1.26. The van der Waals surface area contributed by atoms with E-state index in [1.807, 2.05) is 36.4 Å². The summed E-state index contributed by atoms with van der Waals surface area (Å²) in [6.45, 7) is 3.75. The van der Waals surface area contributed by atoms with E-state index >= 15 is 0 Å². The lowest BCUT2D eigenvalue weighted by atomic mass is 9.70. The molecule has 0 N–H and O–H groups in total. The third-order valence-corrected chi connectivity index (χ3v) is 7.56. The highest BCUT2D eigenvalue weighted by atomic mass is 16.6. The van der Waals surface area contributed by atoms with Crippen molar-refractivity contribution in [2.24, 2.45) is 22.0 Å². The Labute approximate surface area is 232 Å². The lowest BCUT2D eigenvalue weighted by Crippen LogP contribution is -2.38. The second-order valence-electron chi connectivity index (χ2n) is 9.89. The van der Waals surface area contributed by atoms with Gasteiger partial charge in [-0.3, -0.25) is 9.97 Å². The summed E-state index contributed by atoms with van der Waals surface area (Å²) in [5, 5.41) is 9.40. The highest BCUT2D eigenvalue weighted by Crippen LogP contribution is 2.61. The van der Waals surface area contributed by atoms with Gasteiger partial charge < -0.3 is 28.4 Å². The van der Waals surface area contributed by atoms with Crippen LogP contribution < -0.4 is 9.47 Å². The SMILES string of the molecule is c1ccc(C2=NN=C(c3ccccn3)C3C4OC(c5cc6c(cc54)OCCOCCOCCOCCO6)C23)nc1. The first kappa shape index (κ1) is 25.3. The minimum atomic E-state index is -0.234. The van der Waals surface area contributed by atoms with Crippen molar-refractivity contribution < 1.29 is 28.4 Å². The molecule has 6 heterocycles. The molecule has 0 spiro atoms. The minimum absolute atomic E-state index is 0.0696. The molecule has 10 heteroatoms. The molecule has 10 nitrogen and oxygen atoms in total. The number of nitrogens with zero attached hydrogens (tertiary/aromatic N) is 4. The Morgan fingerprint density at radius 2 is 1.00 bits per heavy atom. The van der Waals surface area contributed by atoms with Crippen LogP contribution in [0.3, 0.4) is 0 Å². The van der Waals surface area contributed by atoms with E-state index in [9.17, 15) is 0 Å². The third kappa shape index (κ3) is 4.77. The minimum Gasteiger partial charge on any atom is -0.487 e. The van der Waals surface area contributed by atoms with Gasteiger partial charge in [0.05, 0.1) is 74.7 Å². The first-order valence-electron chi connectivity index (χ1n) is 13.7. The second-order valence-corrected chi connectivity index (χ2v) is 9.89. The summed E-state index contributed by atoms with van der Waals surface area (Å²) in [5.41, 5.74) is 5.39. The second kappa shape index (κ2) is 11.4. The van der Waals surface area contributed by atoms with E-state index in [-0.39, 0.29) is 24.0 Å². The average molecular weight is 543 g/mol. The van der Waals surface area contributed by atoms with Crippen LogP contribution in [-0.4, -0.2) is 74.2 Å². The number of hydrogen-bond acceptors (Lipinski definition) is 10. The zero-order valence-corrected chi connectivity index (χ0v) is 22.0. The van der Waals surface area contributed by atoms with E-state index in [1.165, 1.54) is 0 Å². The van der Waals surface area contributed by atoms with Crippen molar-refractivity contribution >= 4 is 11.4 Å². The lowest BCUT2D eigenvalue weighted by molar-refractivity contribution is 0.00706. The molecule has 1 fully saturated rings. The molecule has 0 radical (unpaired) electrons. The first-order valence-corrected chi connectivity index (χ1v) is 13.7. The molecule has 2 aromatic heterocycles. The van der Waals surface area contributed by atoms with Crippen LogP contribution >= 0.6 is 0 Å². The van der Waals surface area contributed by atoms with Gasteiger partial charge in [-0.15, -0.1) is 0 Å². The van der Waals surface area contributed by atoms with E-state index in [0.717, 1.165) is 33.9 Å². The summed E-state index contributed by atoms with van der Waals surface area (Å²) < 4.78 is 35.9. The summed E-state index contributed by atoms with van der Waals surface area (Å²) in [6, 6.07) is 15.8. The van der Waals surface area contributed by atoms with Gasteiger partial charge in [0, 0.05) is 24.2 Å². The fourth-order valence-corrected chi connectivity index (χ4v) is 5.85. The van der Waals surface area contributed by atoms with Gasteiger partial charge in [0.15, 0.2) is 11.5 Å². The topological polar surface area (TPSA) is 106 Å². The number of ether oxygens (including phenoxy) is 6. The van der Waals surface area contributed by atoms with E-state index in [1.54, 1.807) is 12.4 Å². The van der Waals surface area contributed by atoms with Crippen molar-refractivity contribution in [3.63, 3.8) is 0 Å². The number of hydrogen-bond donors (Lipinski definition) is 0. The van der Waals surface area contributed by atoms with Crippen LogP contribution in [0.1, 0.15) is 34.7 Å². The molecule has 0 amide bonds. The predicted molar refractivity (Wildman–Crippen MR) is 145 cm³/mol. The van der Waals surface area contributed by atoms with Crippen LogP contribution in [0.25, 0.3) is 0 Å². The Morgan fingerprint density at radius 1 is 0.550 bits per heavy atom. The highest BCUT2D eigenvalue weighted by molar-refractivity contribution is 6.11. The van der Waals surface area contributed by atoms with Crippen LogP contribution in [0.15, 0.2) is 71.1 Å². The molecular weight excluding hydrogens is 512 g/mol. The maximum absolute atomic E-state index is 6.72. The molecule has 4 aliphatic rings. The average Bonchev–Trinajstić information content (AvgIpc) is 3.57. The Bertz CT molecular complexity index is 1300.